The van der Waals surface area contributed by atoms with Crippen LogP contribution in [0.1, 0.15) is 0 Å². The Labute approximate surface area is 133 Å². The van der Waals surface area contributed by atoms with Crippen molar-refractivity contribution in [2.45, 2.75) is 6.54 Å². The summed E-state index contributed by atoms with van der Waals surface area (Å²) in [5.41, 5.74) is 0.563. The summed E-state index contributed by atoms with van der Waals surface area (Å²) < 4.78 is 5.16. The van der Waals surface area contributed by atoms with Crippen molar-refractivity contribution in [2.75, 3.05) is 31.8 Å². The van der Waals surface area contributed by atoms with Crippen LogP contribution >= 0.6 is 0 Å². The average molecular weight is 318 g/mol. The zero-order chi connectivity index (χ0) is 16.8. The average Bonchev–Trinajstić information content (AvgIpc) is 2.94. The van der Waals surface area contributed by atoms with Crippen LogP contribution in [0.2, 0.25) is 0 Å². The number of carbonyl (C=O) groups is 2. The first-order valence-corrected chi connectivity index (χ1v) is 6.81. The molecule has 0 atom stereocenters. The summed E-state index contributed by atoms with van der Waals surface area (Å²) in [5, 5.41) is 13.2. The minimum Gasteiger partial charge on any atom is -0.495 e. The van der Waals surface area contributed by atoms with Gasteiger partial charge in [-0.2, -0.15) is 9.90 Å². The van der Waals surface area contributed by atoms with Gasteiger partial charge in [0.2, 0.25) is 5.91 Å². The lowest BCUT2D eigenvalue weighted by atomic mass is 10.3. The van der Waals surface area contributed by atoms with E-state index in [1.54, 1.807) is 32.3 Å². The van der Waals surface area contributed by atoms with E-state index in [2.05, 4.69) is 20.8 Å². The fourth-order valence-electron chi connectivity index (χ4n) is 1.72. The molecule has 0 fully saturated rings. The van der Waals surface area contributed by atoms with Crippen molar-refractivity contribution in [3.63, 3.8) is 0 Å². The number of nitrogens with zero attached hydrogens (tertiary/aromatic N) is 4. The number of benzene rings is 1. The fourth-order valence-corrected chi connectivity index (χ4v) is 1.72. The second-order valence-corrected chi connectivity index (χ2v) is 4.83. The summed E-state index contributed by atoms with van der Waals surface area (Å²) >= 11 is 0. The summed E-state index contributed by atoms with van der Waals surface area (Å²) in [6, 6.07) is 6.75. The van der Waals surface area contributed by atoms with Gasteiger partial charge in [-0.1, -0.05) is 12.1 Å². The highest BCUT2D eigenvalue weighted by Crippen LogP contribution is 2.22. The molecule has 0 unspecified atom stereocenters. The predicted molar refractivity (Wildman–Crippen MR) is 84.4 cm³/mol. The maximum atomic E-state index is 12.0. The number of ether oxygens (including phenoxy) is 1. The fraction of sp³-hybridized carbons (Fsp3) is 0.286. The second-order valence-electron chi connectivity index (χ2n) is 4.83. The molecule has 3 amide bonds. The Bertz CT molecular complexity index is 697. The Kier molecular flexibility index (Phi) is 5.13. The number of methoxy groups -OCH3 is 1. The Balaban J connectivity index is 1.96. The van der Waals surface area contributed by atoms with Gasteiger partial charge in [0.25, 0.3) is 0 Å². The standard InChI is InChI=1S/C14H18N6O3/c1-19(2)14(22)17-12-8-15-20(18-12)9-13(21)16-10-6-4-5-7-11(10)23-3/h4-8H,9H2,1-3H3,(H,16,21)(H,17,18,22). The molecule has 0 aliphatic rings. The van der Waals surface area contributed by atoms with Crippen molar-refractivity contribution < 1.29 is 14.3 Å². The zero-order valence-electron chi connectivity index (χ0n) is 13.1. The SMILES string of the molecule is COc1ccccc1NC(=O)Cn1ncc(NC(=O)N(C)C)n1. The van der Waals surface area contributed by atoms with E-state index in [9.17, 15) is 9.59 Å². The first-order valence-electron chi connectivity index (χ1n) is 6.81. The first-order chi connectivity index (χ1) is 11.0. The van der Waals surface area contributed by atoms with Crippen LogP contribution in [-0.4, -0.2) is 53.0 Å². The van der Waals surface area contributed by atoms with E-state index in [0.717, 1.165) is 0 Å². The molecule has 1 heterocycles. The van der Waals surface area contributed by atoms with Gasteiger partial charge in [0.05, 0.1) is 19.0 Å². The van der Waals surface area contributed by atoms with Crippen molar-refractivity contribution in [3.8, 4) is 5.75 Å². The third-order valence-electron chi connectivity index (χ3n) is 2.84. The van der Waals surface area contributed by atoms with Gasteiger partial charge >= 0.3 is 6.03 Å². The number of hydrogen-bond donors (Lipinski definition) is 2. The molecule has 122 valence electrons. The number of amides is 3. The highest BCUT2D eigenvalue weighted by Gasteiger charge is 2.11. The molecule has 0 bridgehead atoms. The van der Waals surface area contributed by atoms with Gasteiger partial charge in [0.15, 0.2) is 5.82 Å². The molecular formula is C14H18N6O3. The van der Waals surface area contributed by atoms with Crippen LogP contribution in [0.4, 0.5) is 16.3 Å². The number of rotatable bonds is 5. The van der Waals surface area contributed by atoms with E-state index in [0.29, 0.717) is 11.4 Å². The molecular weight excluding hydrogens is 300 g/mol. The highest BCUT2D eigenvalue weighted by atomic mass is 16.5. The van der Waals surface area contributed by atoms with E-state index in [1.165, 1.54) is 23.0 Å². The Morgan fingerprint density at radius 1 is 1.26 bits per heavy atom. The molecule has 0 saturated carbocycles. The van der Waals surface area contributed by atoms with Crippen LogP contribution in [0.25, 0.3) is 0 Å². The van der Waals surface area contributed by atoms with Gasteiger partial charge in [0, 0.05) is 14.1 Å². The highest BCUT2D eigenvalue weighted by molar-refractivity contribution is 5.92. The van der Waals surface area contributed by atoms with Crippen LogP contribution in [0.5, 0.6) is 5.75 Å². The van der Waals surface area contributed by atoms with Crippen molar-refractivity contribution in [1.82, 2.24) is 19.9 Å². The number of urea groups is 1. The smallest absolute Gasteiger partial charge is 0.322 e. The van der Waals surface area contributed by atoms with Crippen molar-refractivity contribution in [1.29, 1.82) is 0 Å². The van der Waals surface area contributed by atoms with Gasteiger partial charge in [-0.15, -0.1) is 5.10 Å². The molecule has 0 saturated heterocycles. The van der Waals surface area contributed by atoms with Crippen molar-refractivity contribution >= 4 is 23.4 Å². The number of anilines is 2. The molecule has 2 aromatic rings. The Morgan fingerprint density at radius 3 is 2.70 bits per heavy atom. The molecule has 23 heavy (non-hydrogen) atoms. The molecule has 2 N–H and O–H groups in total. The number of aromatic nitrogens is 3. The minimum absolute atomic E-state index is 0.0874. The van der Waals surface area contributed by atoms with E-state index in [-0.39, 0.29) is 24.3 Å². The summed E-state index contributed by atoms with van der Waals surface area (Å²) in [6.45, 7) is -0.0874. The number of para-hydroxylation sites is 2. The van der Waals surface area contributed by atoms with E-state index < -0.39 is 0 Å². The summed E-state index contributed by atoms with van der Waals surface area (Å²) in [4.78, 5) is 26.1. The first kappa shape index (κ1) is 16.3. The van der Waals surface area contributed by atoms with Crippen LogP contribution in [0, 0.1) is 0 Å². The summed E-state index contributed by atoms with van der Waals surface area (Å²) in [7, 11) is 4.75. The third kappa shape index (κ3) is 4.43. The molecule has 0 radical (unpaired) electrons. The molecule has 1 aromatic carbocycles. The lowest BCUT2D eigenvalue weighted by Crippen LogP contribution is -2.27. The zero-order valence-corrected chi connectivity index (χ0v) is 13.1. The summed E-state index contributed by atoms with van der Waals surface area (Å²) in [6.07, 6.45) is 1.37. The third-order valence-corrected chi connectivity index (χ3v) is 2.84. The van der Waals surface area contributed by atoms with E-state index >= 15 is 0 Å². The minimum atomic E-state index is -0.324. The van der Waals surface area contributed by atoms with Gasteiger partial charge in [0.1, 0.15) is 12.3 Å². The molecule has 9 nitrogen and oxygen atoms in total. The summed E-state index contributed by atoms with van der Waals surface area (Å²) in [5.74, 6) is 0.526. The lowest BCUT2D eigenvalue weighted by molar-refractivity contribution is -0.117. The molecule has 0 spiro atoms. The Hall–Kier alpha value is -3.10. The normalized spacial score (nSPS) is 10.0. The number of nitrogens with one attached hydrogen (secondary N) is 2. The van der Waals surface area contributed by atoms with Crippen LogP contribution < -0.4 is 15.4 Å². The maximum Gasteiger partial charge on any atom is 0.322 e. The Morgan fingerprint density at radius 2 is 2.00 bits per heavy atom. The molecule has 0 aliphatic carbocycles. The van der Waals surface area contributed by atoms with E-state index in [1.807, 2.05) is 6.07 Å². The monoisotopic (exact) mass is 318 g/mol. The largest absolute Gasteiger partial charge is 0.495 e. The second kappa shape index (κ2) is 7.25. The molecule has 1 aromatic heterocycles. The van der Waals surface area contributed by atoms with Gasteiger partial charge in [-0.05, 0) is 12.1 Å². The number of hydrogen-bond acceptors (Lipinski definition) is 5. The van der Waals surface area contributed by atoms with Crippen LogP contribution in [-0.2, 0) is 11.3 Å². The lowest BCUT2D eigenvalue weighted by Gasteiger charge is -2.10. The van der Waals surface area contributed by atoms with Gasteiger partial charge in [-0.3, -0.25) is 10.1 Å². The number of carbonyl (C=O) groups excluding carboxylic acids is 2. The quantitative estimate of drug-likeness (QED) is 0.857. The van der Waals surface area contributed by atoms with Crippen LogP contribution in [0.3, 0.4) is 0 Å². The maximum absolute atomic E-state index is 12.0. The van der Waals surface area contributed by atoms with Crippen molar-refractivity contribution in [3.05, 3.63) is 30.5 Å². The van der Waals surface area contributed by atoms with Crippen molar-refractivity contribution in [2.24, 2.45) is 0 Å². The van der Waals surface area contributed by atoms with E-state index in [4.69, 9.17) is 4.74 Å². The topological polar surface area (TPSA) is 101 Å². The predicted octanol–water partition coefficient (Wildman–Crippen LogP) is 1.02. The van der Waals surface area contributed by atoms with Gasteiger partial charge in [-0.25, -0.2) is 4.79 Å². The molecule has 0 aliphatic heterocycles. The molecule has 9 heteroatoms. The van der Waals surface area contributed by atoms with Gasteiger partial charge < -0.3 is 15.0 Å². The molecule has 2 rings (SSSR count). The van der Waals surface area contributed by atoms with Crippen LogP contribution in [0.15, 0.2) is 30.5 Å².